The molecule has 0 aromatic carbocycles. The van der Waals surface area contributed by atoms with E-state index in [9.17, 15) is 0 Å². The number of allylic oxidation sites excluding steroid dienone is 1. The third kappa shape index (κ3) is 25.1. The Hall–Kier alpha value is 0.0938. The molecule has 0 saturated carbocycles. The van der Waals surface area contributed by atoms with E-state index >= 15 is 0 Å². The maximum absolute atomic E-state index is 8.40. The van der Waals surface area contributed by atoms with Crippen molar-refractivity contribution in [2.24, 2.45) is 0 Å². The van der Waals surface area contributed by atoms with Gasteiger partial charge < -0.3 is 9.22 Å². The molecule has 0 bridgehead atoms. The van der Waals surface area contributed by atoms with E-state index < -0.39 is 16.6 Å². The van der Waals surface area contributed by atoms with E-state index in [1.165, 1.54) is 12.8 Å². The van der Waals surface area contributed by atoms with Crippen LogP contribution in [0, 0.1) is 0 Å². The van der Waals surface area contributed by atoms with E-state index in [-0.39, 0.29) is 0 Å². The van der Waals surface area contributed by atoms with E-state index in [1.54, 1.807) is 0 Å². The third-order valence-corrected chi connectivity index (χ3v) is 6.83. The van der Waals surface area contributed by atoms with Gasteiger partial charge in [-0.25, -0.2) is 0 Å². The zero-order valence-corrected chi connectivity index (χ0v) is 15.4. The highest BCUT2D eigenvalue weighted by Crippen LogP contribution is 2.12. The third-order valence-electron chi connectivity index (χ3n) is 1.93. The van der Waals surface area contributed by atoms with E-state index in [4.69, 9.17) is 9.22 Å². The molecule has 0 unspecified atom stereocenters. The normalized spacial score (nSPS) is 11.7. The maximum atomic E-state index is 8.40. The lowest BCUT2D eigenvalue weighted by atomic mass is 10.1. The summed E-state index contributed by atoms with van der Waals surface area (Å²) in [4.78, 5) is 0. The molecule has 0 rings (SSSR count). The van der Waals surface area contributed by atoms with E-state index in [0.717, 1.165) is 19.3 Å². The lowest BCUT2D eigenvalue weighted by molar-refractivity contribution is 0.282. The Kier molecular flexibility index (Phi) is 12.4. The molecule has 0 amide bonds. The summed E-state index contributed by atoms with van der Waals surface area (Å²) in [5.74, 6) is 0. The first kappa shape index (κ1) is 20.4. The first-order valence-electron chi connectivity index (χ1n) is 7.04. The highest BCUT2D eigenvalue weighted by Gasteiger charge is 2.24. The van der Waals surface area contributed by atoms with Crippen molar-refractivity contribution in [3.8, 4) is 0 Å². The fourth-order valence-corrected chi connectivity index (χ4v) is 9.02. The predicted octanol–water partition coefficient (Wildman–Crippen LogP) is 4.79. The molecule has 2 nitrogen and oxygen atoms in total. The van der Waals surface area contributed by atoms with Crippen molar-refractivity contribution in [2.75, 3.05) is 6.61 Å². The number of hydrogen-bond acceptors (Lipinski definition) is 2. The molecule has 0 spiro atoms. The monoisotopic (exact) mass is 290 g/mol. The highest BCUT2D eigenvalue weighted by atomic mass is 28.4. The molecule has 1 N–H and O–H groups in total. The van der Waals surface area contributed by atoms with Gasteiger partial charge in [-0.3, -0.25) is 0 Å². The van der Waals surface area contributed by atoms with Gasteiger partial charge in [-0.1, -0.05) is 18.9 Å². The van der Waals surface area contributed by atoms with Crippen LogP contribution in [0.1, 0.15) is 32.1 Å². The Morgan fingerprint density at radius 2 is 1.33 bits per heavy atom. The van der Waals surface area contributed by atoms with Gasteiger partial charge in [0.15, 0.2) is 16.6 Å². The number of rotatable bonds is 8. The van der Waals surface area contributed by atoms with Crippen molar-refractivity contribution in [2.45, 2.75) is 71.4 Å². The summed E-state index contributed by atoms with van der Waals surface area (Å²) in [5.41, 5.74) is 0. The number of aliphatic hydroxyl groups excluding tert-OH is 1. The van der Waals surface area contributed by atoms with Crippen LogP contribution in [-0.4, -0.2) is 28.3 Å². The van der Waals surface area contributed by atoms with Crippen LogP contribution in [0.5, 0.6) is 0 Å². The highest BCUT2D eigenvalue weighted by molar-refractivity contribution is 6.83. The van der Waals surface area contributed by atoms with Gasteiger partial charge in [0.2, 0.25) is 0 Å². The van der Waals surface area contributed by atoms with Crippen LogP contribution in [0.4, 0.5) is 0 Å². The van der Waals surface area contributed by atoms with Gasteiger partial charge in [-0.15, -0.1) is 6.58 Å². The maximum Gasteiger partial charge on any atom is 0.170 e. The van der Waals surface area contributed by atoms with Crippen LogP contribution in [-0.2, 0) is 4.12 Å². The molecule has 0 aromatic rings. The number of aliphatic hydroxyl groups is 1. The van der Waals surface area contributed by atoms with Gasteiger partial charge >= 0.3 is 0 Å². The summed E-state index contributed by atoms with van der Waals surface area (Å²) < 4.78 is 5.90. The summed E-state index contributed by atoms with van der Waals surface area (Å²) in [6.45, 7) is 17.4. The van der Waals surface area contributed by atoms with Crippen LogP contribution in [0.3, 0.4) is 0 Å². The first-order chi connectivity index (χ1) is 8.12. The Balaban J connectivity index is 0. The predicted molar refractivity (Wildman–Crippen MR) is 88.1 cm³/mol. The smallest absolute Gasteiger partial charge is 0.170 e. The fourth-order valence-electron chi connectivity index (χ4n) is 1.67. The van der Waals surface area contributed by atoms with Crippen molar-refractivity contribution in [3.63, 3.8) is 0 Å². The molecule has 0 aliphatic rings. The lowest BCUT2D eigenvalue weighted by Gasteiger charge is -2.27. The van der Waals surface area contributed by atoms with E-state index in [0.29, 0.717) is 6.61 Å². The minimum absolute atomic E-state index is 0.341. The van der Waals surface area contributed by atoms with Crippen molar-refractivity contribution in [1.29, 1.82) is 0 Å². The zero-order valence-electron chi connectivity index (χ0n) is 13.4. The Morgan fingerprint density at radius 3 is 1.61 bits per heavy atom. The molecule has 0 heterocycles. The van der Waals surface area contributed by atoms with Crippen molar-refractivity contribution >= 4 is 16.6 Å². The Bertz CT molecular complexity index is 181. The molecule has 0 aliphatic carbocycles. The summed E-state index contributed by atoms with van der Waals surface area (Å²) in [7, 11) is -2.46. The largest absolute Gasteiger partial charge is 0.456 e. The molecular formula is C14H34O2Si2. The second-order valence-corrected chi connectivity index (χ2v) is 15.8. The van der Waals surface area contributed by atoms with Crippen molar-refractivity contribution in [1.82, 2.24) is 0 Å². The Labute approximate surface area is 117 Å². The molecule has 4 heteroatoms. The average Bonchev–Trinajstić information content (AvgIpc) is 2.13. The molecule has 0 aliphatic heterocycles. The van der Waals surface area contributed by atoms with Crippen molar-refractivity contribution < 1.29 is 9.22 Å². The number of unbranched alkanes of at least 4 members (excludes halogenated alkanes) is 4. The van der Waals surface area contributed by atoms with Crippen molar-refractivity contribution in [3.05, 3.63) is 12.7 Å². The number of hydrogen-bond donors (Lipinski definition) is 1. The molecular weight excluding hydrogens is 256 g/mol. The van der Waals surface area contributed by atoms with Gasteiger partial charge in [0, 0.05) is 6.61 Å². The van der Waals surface area contributed by atoms with Gasteiger partial charge in [-0.2, -0.15) is 0 Å². The van der Waals surface area contributed by atoms with Gasteiger partial charge in [0.05, 0.1) is 0 Å². The fraction of sp³-hybridized carbons (Fsp3) is 0.857. The zero-order chi connectivity index (χ0) is 14.7. The van der Waals surface area contributed by atoms with Gasteiger partial charge in [0.25, 0.3) is 0 Å². The summed E-state index contributed by atoms with van der Waals surface area (Å²) in [5, 5.41) is 8.40. The average molecular weight is 291 g/mol. The second kappa shape index (κ2) is 11.0. The standard InChI is InChI=1S/C8H16O.C6H18OSi2/c1-2-3-4-5-6-7-8-9;1-8(2,3)7-9(4,5)6/h2,9H,1,3-8H2;1-6H3. The van der Waals surface area contributed by atoms with Gasteiger partial charge in [0.1, 0.15) is 0 Å². The van der Waals surface area contributed by atoms with E-state index in [2.05, 4.69) is 45.9 Å². The lowest BCUT2D eigenvalue weighted by Crippen LogP contribution is -2.39. The van der Waals surface area contributed by atoms with Crippen LogP contribution >= 0.6 is 0 Å². The van der Waals surface area contributed by atoms with Crippen LogP contribution in [0.2, 0.25) is 39.3 Å². The molecule has 110 valence electrons. The topological polar surface area (TPSA) is 29.5 Å². The molecule has 0 radical (unpaired) electrons. The summed E-state index contributed by atoms with van der Waals surface area (Å²) in [6.07, 6.45) is 7.63. The molecule has 0 atom stereocenters. The summed E-state index contributed by atoms with van der Waals surface area (Å²) >= 11 is 0. The van der Waals surface area contributed by atoms with E-state index in [1.807, 2.05) is 6.08 Å². The minimum Gasteiger partial charge on any atom is -0.456 e. The second-order valence-electron chi connectivity index (χ2n) is 6.54. The molecule has 0 saturated heterocycles. The molecule has 18 heavy (non-hydrogen) atoms. The first-order valence-corrected chi connectivity index (χ1v) is 13.9. The summed E-state index contributed by atoms with van der Waals surface area (Å²) in [6, 6.07) is 0. The van der Waals surface area contributed by atoms with Crippen LogP contribution < -0.4 is 0 Å². The molecule has 0 fully saturated rings. The van der Waals surface area contributed by atoms with Crippen LogP contribution in [0.25, 0.3) is 0 Å². The Morgan fingerprint density at radius 1 is 0.889 bits per heavy atom. The quantitative estimate of drug-likeness (QED) is 0.396. The van der Waals surface area contributed by atoms with Gasteiger partial charge in [-0.05, 0) is 58.5 Å². The minimum atomic E-state index is -1.23. The SMILES string of the molecule is C=CCCCCCCO.C[Si](C)(C)O[Si](C)(C)C. The van der Waals surface area contributed by atoms with Crippen LogP contribution in [0.15, 0.2) is 12.7 Å². The molecule has 0 aromatic heterocycles.